The van der Waals surface area contributed by atoms with E-state index in [9.17, 15) is 9.59 Å². The van der Waals surface area contributed by atoms with Gasteiger partial charge in [-0.05, 0) is 36.6 Å². The smallest absolute Gasteiger partial charge is 0.307 e. The fraction of sp³-hybridized carbons (Fsp3) is 0.304. The van der Waals surface area contributed by atoms with Crippen molar-refractivity contribution in [2.75, 3.05) is 7.11 Å². The van der Waals surface area contributed by atoms with Crippen molar-refractivity contribution in [3.8, 4) is 17.6 Å². The zero-order valence-corrected chi connectivity index (χ0v) is 16.0. The first-order valence-corrected chi connectivity index (χ1v) is 9.26. The van der Waals surface area contributed by atoms with Crippen molar-refractivity contribution in [3.63, 3.8) is 0 Å². The van der Waals surface area contributed by atoms with Crippen LogP contribution >= 0.6 is 0 Å². The molecule has 0 fully saturated rings. The van der Waals surface area contributed by atoms with Gasteiger partial charge < -0.3 is 15.2 Å². The molecule has 1 amide bonds. The highest BCUT2D eigenvalue weighted by atomic mass is 16.5. The van der Waals surface area contributed by atoms with E-state index in [1.807, 2.05) is 30.3 Å². The summed E-state index contributed by atoms with van der Waals surface area (Å²) in [6.45, 7) is 0.385. The Bertz CT molecular complexity index is 850. The monoisotopic (exact) mass is 379 g/mol. The maximum atomic E-state index is 12.0. The molecule has 28 heavy (non-hydrogen) atoms. The molecule has 0 saturated heterocycles. The minimum absolute atomic E-state index is 0.00963. The molecule has 0 aliphatic heterocycles. The Morgan fingerprint density at radius 3 is 2.61 bits per heavy atom. The van der Waals surface area contributed by atoms with E-state index in [-0.39, 0.29) is 12.3 Å². The summed E-state index contributed by atoms with van der Waals surface area (Å²) >= 11 is 0. The lowest BCUT2D eigenvalue weighted by Gasteiger charge is -2.10. The number of methoxy groups -OCH3 is 1. The number of rotatable bonds is 9. The van der Waals surface area contributed by atoms with Crippen LogP contribution in [0.4, 0.5) is 0 Å². The van der Waals surface area contributed by atoms with Crippen LogP contribution in [0.15, 0.2) is 48.5 Å². The minimum atomic E-state index is -0.909. The zero-order chi connectivity index (χ0) is 20.2. The number of unbranched alkanes of at least 4 members (excludes halogenated alkanes) is 2. The molecule has 0 heterocycles. The van der Waals surface area contributed by atoms with Crippen molar-refractivity contribution in [2.45, 2.75) is 38.6 Å². The topological polar surface area (TPSA) is 75.6 Å². The first-order chi connectivity index (χ1) is 13.6. The third-order valence-corrected chi connectivity index (χ3v) is 4.14. The molecule has 2 aromatic rings. The van der Waals surface area contributed by atoms with Crippen molar-refractivity contribution >= 4 is 11.9 Å². The summed E-state index contributed by atoms with van der Waals surface area (Å²) in [4.78, 5) is 22.8. The largest absolute Gasteiger partial charge is 0.496 e. The average molecular weight is 379 g/mol. The molecule has 0 aliphatic carbocycles. The summed E-state index contributed by atoms with van der Waals surface area (Å²) < 4.78 is 5.24. The zero-order valence-electron chi connectivity index (χ0n) is 16.0. The van der Waals surface area contributed by atoms with Crippen molar-refractivity contribution in [1.29, 1.82) is 0 Å². The van der Waals surface area contributed by atoms with Gasteiger partial charge >= 0.3 is 5.97 Å². The fourth-order valence-corrected chi connectivity index (χ4v) is 2.68. The van der Waals surface area contributed by atoms with Crippen LogP contribution in [0.3, 0.4) is 0 Å². The molecule has 2 aromatic carbocycles. The number of carboxylic acids is 1. The third kappa shape index (κ3) is 7.55. The normalized spacial score (nSPS) is 9.89. The van der Waals surface area contributed by atoms with E-state index in [1.54, 1.807) is 18.2 Å². The van der Waals surface area contributed by atoms with Gasteiger partial charge in [0.15, 0.2) is 0 Å². The highest BCUT2D eigenvalue weighted by molar-refractivity contribution is 5.76. The number of carbonyl (C=O) groups excluding carboxylic acids is 1. The number of benzene rings is 2. The maximum Gasteiger partial charge on any atom is 0.307 e. The second-order valence-corrected chi connectivity index (χ2v) is 6.37. The van der Waals surface area contributed by atoms with Crippen molar-refractivity contribution in [3.05, 3.63) is 65.2 Å². The van der Waals surface area contributed by atoms with E-state index < -0.39 is 5.97 Å². The minimum Gasteiger partial charge on any atom is -0.496 e. The van der Waals surface area contributed by atoms with Gasteiger partial charge in [0, 0.05) is 30.5 Å². The van der Waals surface area contributed by atoms with E-state index in [4.69, 9.17) is 9.84 Å². The molecule has 0 unspecified atom stereocenters. The predicted molar refractivity (Wildman–Crippen MR) is 108 cm³/mol. The summed E-state index contributed by atoms with van der Waals surface area (Å²) in [7, 11) is 1.50. The lowest BCUT2D eigenvalue weighted by atomic mass is 10.1. The lowest BCUT2D eigenvalue weighted by molar-refractivity contribution is -0.136. The van der Waals surface area contributed by atoms with Gasteiger partial charge in [-0.3, -0.25) is 9.59 Å². The van der Waals surface area contributed by atoms with Crippen molar-refractivity contribution in [1.82, 2.24) is 5.32 Å². The Hall–Kier alpha value is -3.26. The molecule has 2 N–H and O–H groups in total. The Kier molecular flexibility index (Phi) is 8.61. The van der Waals surface area contributed by atoms with Crippen LogP contribution in [0.2, 0.25) is 0 Å². The number of hydrogen-bond donors (Lipinski definition) is 2. The molecule has 0 spiro atoms. The second-order valence-electron chi connectivity index (χ2n) is 6.37. The number of nitrogens with one attached hydrogen (secondary N) is 1. The molecule has 5 nitrogen and oxygen atoms in total. The number of hydrogen-bond acceptors (Lipinski definition) is 3. The van der Waals surface area contributed by atoms with E-state index in [0.717, 1.165) is 30.4 Å². The van der Waals surface area contributed by atoms with E-state index in [1.165, 1.54) is 7.11 Å². The third-order valence-electron chi connectivity index (χ3n) is 4.14. The first-order valence-electron chi connectivity index (χ1n) is 9.26. The Labute approximate surface area is 165 Å². The van der Waals surface area contributed by atoms with Crippen LogP contribution in [0.5, 0.6) is 5.75 Å². The van der Waals surface area contributed by atoms with Gasteiger partial charge in [-0.1, -0.05) is 42.2 Å². The van der Waals surface area contributed by atoms with Crippen LogP contribution in [0.25, 0.3) is 0 Å². The van der Waals surface area contributed by atoms with Crippen LogP contribution in [0.1, 0.15) is 42.4 Å². The van der Waals surface area contributed by atoms with E-state index in [0.29, 0.717) is 24.3 Å². The number of aliphatic carboxylic acids is 1. The van der Waals surface area contributed by atoms with E-state index >= 15 is 0 Å². The number of carbonyl (C=O) groups is 2. The van der Waals surface area contributed by atoms with Crippen molar-refractivity contribution < 1.29 is 19.4 Å². The molecule has 0 aliphatic rings. The molecular weight excluding hydrogens is 354 g/mol. The summed E-state index contributed by atoms with van der Waals surface area (Å²) in [5.74, 6) is 5.84. The molecule has 146 valence electrons. The Morgan fingerprint density at radius 2 is 1.89 bits per heavy atom. The average Bonchev–Trinajstić information content (AvgIpc) is 2.70. The van der Waals surface area contributed by atoms with Crippen molar-refractivity contribution in [2.24, 2.45) is 0 Å². The summed E-state index contributed by atoms with van der Waals surface area (Å²) in [6, 6.07) is 15.1. The summed E-state index contributed by atoms with van der Waals surface area (Å²) in [6.07, 6.45) is 2.80. The van der Waals surface area contributed by atoms with Gasteiger partial charge in [-0.15, -0.1) is 0 Å². The van der Waals surface area contributed by atoms with Gasteiger partial charge in [-0.25, -0.2) is 0 Å². The standard InChI is InChI=1S/C23H25NO4/c1-28-21-15-19(13-14-20(21)16-23(26)27)17-24-22(25)12-8-3-2-5-9-18-10-6-4-7-11-18/h4,6-7,10-11,13-15H,2-3,8,12,16-17H2,1H3,(H,24,25)(H,26,27). The fourth-order valence-electron chi connectivity index (χ4n) is 2.68. The maximum absolute atomic E-state index is 12.0. The predicted octanol–water partition coefficient (Wildman–Crippen LogP) is 3.55. The molecule has 0 aromatic heterocycles. The molecule has 0 radical (unpaired) electrons. The van der Waals surface area contributed by atoms with Gasteiger partial charge in [0.25, 0.3) is 0 Å². The first kappa shape index (κ1) is 21.0. The van der Waals surface area contributed by atoms with Gasteiger partial charge in [0.2, 0.25) is 5.91 Å². The molecule has 0 atom stereocenters. The highest BCUT2D eigenvalue weighted by Gasteiger charge is 2.09. The number of ether oxygens (including phenoxy) is 1. The quantitative estimate of drug-likeness (QED) is 0.516. The van der Waals surface area contributed by atoms with E-state index in [2.05, 4.69) is 17.2 Å². The Morgan fingerprint density at radius 1 is 1.11 bits per heavy atom. The van der Waals surface area contributed by atoms with Crippen LogP contribution in [-0.4, -0.2) is 24.1 Å². The summed E-state index contributed by atoms with van der Waals surface area (Å²) in [5, 5.41) is 11.8. The number of amides is 1. The van der Waals surface area contributed by atoms with Gasteiger partial charge in [-0.2, -0.15) is 0 Å². The second kappa shape index (κ2) is 11.5. The SMILES string of the molecule is COc1cc(CNC(=O)CCCCC#Cc2ccccc2)ccc1CC(=O)O. The van der Waals surface area contributed by atoms with Crippen LogP contribution in [0, 0.1) is 11.8 Å². The lowest BCUT2D eigenvalue weighted by Crippen LogP contribution is -2.22. The summed E-state index contributed by atoms with van der Waals surface area (Å²) in [5.41, 5.74) is 2.49. The highest BCUT2D eigenvalue weighted by Crippen LogP contribution is 2.21. The Balaban J connectivity index is 1.69. The molecular formula is C23H25NO4. The van der Waals surface area contributed by atoms with Crippen LogP contribution in [-0.2, 0) is 22.6 Å². The molecule has 0 saturated carbocycles. The molecule has 5 heteroatoms. The molecule has 2 rings (SSSR count). The number of carboxylic acid groups (broad SMARTS) is 1. The van der Waals surface area contributed by atoms with Crippen LogP contribution < -0.4 is 10.1 Å². The molecule has 0 bridgehead atoms. The van der Waals surface area contributed by atoms with Gasteiger partial charge in [0.05, 0.1) is 13.5 Å². The van der Waals surface area contributed by atoms with Gasteiger partial charge in [0.1, 0.15) is 5.75 Å².